The number of alkyl halides is 3. The summed E-state index contributed by atoms with van der Waals surface area (Å²) >= 11 is 3.33. The van der Waals surface area contributed by atoms with Crippen molar-refractivity contribution in [2.75, 3.05) is 6.61 Å². The van der Waals surface area contributed by atoms with Gasteiger partial charge in [-0.3, -0.25) is 0 Å². The summed E-state index contributed by atoms with van der Waals surface area (Å²) in [6.45, 7) is 1.73. The van der Waals surface area contributed by atoms with E-state index in [9.17, 15) is 18.0 Å². The molecule has 130 valence electrons. The van der Waals surface area contributed by atoms with E-state index >= 15 is 0 Å². The first-order valence-corrected chi connectivity index (χ1v) is 8.13. The molecule has 0 aliphatic carbocycles. The SMILES string of the molecule is CCOC(=O)c1c2cc(C(F)(F)F)ccc2nn1-c1cccc(Br)c1. The third-order valence-corrected chi connectivity index (χ3v) is 4.01. The summed E-state index contributed by atoms with van der Waals surface area (Å²) in [6.07, 6.45) is -4.52. The first-order chi connectivity index (χ1) is 11.8. The molecule has 0 saturated carbocycles. The summed E-state index contributed by atoms with van der Waals surface area (Å²) in [5, 5.41) is 4.37. The maximum absolute atomic E-state index is 13.0. The van der Waals surface area contributed by atoms with E-state index in [2.05, 4.69) is 21.0 Å². The molecule has 0 bridgehead atoms. The minimum Gasteiger partial charge on any atom is -0.461 e. The molecule has 4 nitrogen and oxygen atoms in total. The van der Waals surface area contributed by atoms with Crippen molar-refractivity contribution in [3.63, 3.8) is 0 Å². The summed E-state index contributed by atoms with van der Waals surface area (Å²) in [5.74, 6) is -0.732. The van der Waals surface area contributed by atoms with Crippen LogP contribution in [-0.4, -0.2) is 22.4 Å². The van der Waals surface area contributed by atoms with Gasteiger partial charge in [0.05, 0.1) is 23.4 Å². The van der Waals surface area contributed by atoms with Crippen molar-refractivity contribution in [3.05, 3.63) is 58.2 Å². The normalized spacial score (nSPS) is 11.7. The van der Waals surface area contributed by atoms with Crippen molar-refractivity contribution in [3.8, 4) is 5.69 Å². The summed E-state index contributed by atoms with van der Waals surface area (Å²) in [7, 11) is 0. The zero-order valence-corrected chi connectivity index (χ0v) is 14.6. The Morgan fingerprint density at radius 3 is 2.64 bits per heavy atom. The van der Waals surface area contributed by atoms with Crippen LogP contribution in [0.25, 0.3) is 16.6 Å². The van der Waals surface area contributed by atoms with E-state index in [1.54, 1.807) is 31.2 Å². The van der Waals surface area contributed by atoms with Crippen molar-refractivity contribution >= 4 is 32.8 Å². The summed E-state index contributed by atoms with van der Waals surface area (Å²) in [6, 6.07) is 10.0. The molecule has 2 aromatic carbocycles. The molecule has 8 heteroatoms. The Morgan fingerprint density at radius 1 is 1.24 bits per heavy atom. The van der Waals surface area contributed by atoms with Gasteiger partial charge in [0.2, 0.25) is 0 Å². The molecule has 0 unspecified atom stereocenters. The van der Waals surface area contributed by atoms with Gasteiger partial charge in [-0.25, -0.2) is 9.48 Å². The number of ether oxygens (including phenoxy) is 1. The summed E-state index contributed by atoms with van der Waals surface area (Å²) < 4.78 is 46.2. The monoisotopic (exact) mass is 412 g/mol. The number of carbonyl (C=O) groups is 1. The molecule has 0 aliphatic heterocycles. The number of hydrogen-bond acceptors (Lipinski definition) is 3. The van der Waals surface area contributed by atoms with E-state index in [0.717, 1.165) is 16.6 Å². The minimum absolute atomic E-state index is 0.0407. The van der Waals surface area contributed by atoms with Crippen molar-refractivity contribution in [2.24, 2.45) is 0 Å². The lowest BCUT2D eigenvalue weighted by Crippen LogP contribution is -2.12. The Labute approximate surface area is 149 Å². The standard InChI is InChI=1S/C17H12BrF3N2O2/c1-2-25-16(24)15-13-8-10(17(19,20)21)6-7-14(13)22-23(15)12-5-3-4-11(18)9-12/h3-9H,2H2,1H3. The quantitative estimate of drug-likeness (QED) is 0.569. The van der Waals surface area contributed by atoms with Crippen molar-refractivity contribution in [2.45, 2.75) is 13.1 Å². The number of carbonyl (C=O) groups excluding carboxylic acids is 1. The summed E-state index contributed by atoms with van der Waals surface area (Å²) in [4.78, 5) is 12.4. The van der Waals surface area contributed by atoms with Crippen LogP contribution in [0.5, 0.6) is 0 Å². The van der Waals surface area contributed by atoms with E-state index in [1.165, 1.54) is 10.7 Å². The number of aromatic nitrogens is 2. The Bertz CT molecular complexity index is 951. The fourth-order valence-corrected chi connectivity index (χ4v) is 2.84. The fraction of sp³-hybridized carbons (Fsp3) is 0.176. The second kappa shape index (κ2) is 6.51. The molecule has 0 fully saturated rings. The van der Waals surface area contributed by atoms with Crippen LogP contribution in [0.4, 0.5) is 13.2 Å². The van der Waals surface area contributed by atoms with E-state index < -0.39 is 17.7 Å². The van der Waals surface area contributed by atoms with Gasteiger partial charge in [-0.15, -0.1) is 0 Å². The second-order valence-corrected chi connectivity index (χ2v) is 6.11. The molecule has 25 heavy (non-hydrogen) atoms. The average molecular weight is 413 g/mol. The molecule has 0 radical (unpaired) electrons. The molecule has 0 N–H and O–H groups in total. The third-order valence-electron chi connectivity index (χ3n) is 3.52. The van der Waals surface area contributed by atoms with Crippen molar-refractivity contribution in [1.82, 2.24) is 9.78 Å². The van der Waals surface area contributed by atoms with Gasteiger partial charge in [-0.05, 0) is 43.3 Å². The lowest BCUT2D eigenvalue weighted by Gasteiger charge is -2.08. The van der Waals surface area contributed by atoms with E-state index in [4.69, 9.17) is 4.74 Å². The van der Waals surface area contributed by atoms with Crippen LogP contribution in [0.1, 0.15) is 23.0 Å². The van der Waals surface area contributed by atoms with Crippen LogP contribution in [0.2, 0.25) is 0 Å². The molecule has 3 aromatic rings. The summed E-state index contributed by atoms with van der Waals surface area (Å²) in [5.41, 5.74) is -0.0846. The molecule has 0 saturated heterocycles. The van der Waals surface area contributed by atoms with E-state index in [1.807, 2.05) is 0 Å². The highest BCUT2D eigenvalue weighted by molar-refractivity contribution is 9.10. The number of hydrogen-bond donors (Lipinski definition) is 0. The zero-order valence-electron chi connectivity index (χ0n) is 13.0. The maximum Gasteiger partial charge on any atom is 0.416 e. The number of esters is 1. The van der Waals surface area contributed by atoms with Crippen LogP contribution >= 0.6 is 15.9 Å². The van der Waals surface area contributed by atoms with E-state index in [-0.39, 0.29) is 23.2 Å². The number of nitrogens with zero attached hydrogens (tertiary/aromatic N) is 2. The molecule has 0 spiro atoms. The van der Waals surface area contributed by atoms with Gasteiger partial charge in [-0.2, -0.15) is 18.3 Å². The lowest BCUT2D eigenvalue weighted by molar-refractivity contribution is -0.137. The largest absolute Gasteiger partial charge is 0.461 e. The van der Waals surface area contributed by atoms with Gasteiger partial charge in [0.25, 0.3) is 0 Å². The van der Waals surface area contributed by atoms with Gasteiger partial charge in [-0.1, -0.05) is 22.0 Å². The number of halogens is 4. The molecule has 0 aliphatic rings. The number of fused-ring (bicyclic) bond motifs is 1. The van der Waals surface area contributed by atoms with Crippen molar-refractivity contribution in [1.29, 1.82) is 0 Å². The zero-order chi connectivity index (χ0) is 18.2. The van der Waals surface area contributed by atoms with Gasteiger partial charge in [0.15, 0.2) is 5.69 Å². The molecule has 1 aromatic heterocycles. The highest BCUT2D eigenvalue weighted by atomic mass is 79.9. The Morgan fingerprint density at radius 2 is 2.00 bits per heavy atom. The molecular formula is C17H12BrF3N2O2. The van der Waals surface area contributed by atoms with Gasteiger partial charge in [0.1, 0.15) is 0 Å². The van der Waals surface area contributed by atoms with Crippen molar-refractivity contribution < 1.29 is 22.7 Å². The predicted molar refractivity (Wildman–Crippen MR) is 89.7 cm³/mol. The molecule has 0 atom stereocenters. The van der Waals surface area contributed by atoms with E-state index in [0.29, 0.717) is 5.69 Å². The van der Waals surface area contributed by atoms with Crippen LogP contribution < -0.4 is 0 Å². The topological polar surface area (TPSA) is 44.1 Å². The first-order valence-electron chi connectivity index (χ1n) is 7.34. The Hall–Kier alpha value is -2.35. The minimum atomic E-state index is -4.52. The Balaban J connectivity index is 2.29. The smallest absolute Gasteiger partial charge is 0.416 e. The lowest BCUT2D eigenvalue weighted by atomic mass is 10.1. The van der Waals surface area contributed by atoms with Crippen LogP contribution in [0.15, 0.2) is 46.9 Å². The van der Waals surface area contributed by atoms with Gasteiger partial charge >= 0.3 is 12.1 Å². The Kier molecular flexibility index (Phi) is 4.55. The number of benzene rings is 2. The molecule has 3 rings (SSSR count). The average Bonchev–Trinajstić information content (AvgIpc) is 2.93. The maximum atomic E-state index is 13.0. The first kappa shape index (κ1) is 17.5. The van der Waals surface area contributed by atoms with Gasteiger partial charge in [0, 0.05) is 9.86 Å². The molecule has 1 heterocycles. The fourth-order valence-electron chi connectivity index (χ4n) is 2.45. The highest BCUT2D eigenvalue weighted by Gasteiger charge is 2.32. The highest BCUT2D eigenvalue weighted by Crippen LogP contribution is 2.33. The molecule has 0 amide bonds. The van der Waals surface area contributed by atoms with Gasteiger partial charge < -0.3 is 4.74 Å². The number of rotatable bonds is 3. The predicted octanol–water partition coefficient (Wildman–Crippen LogP) is 4.98. The third kappa shape index (κ3) is 3.39. The van der Waals surface area contributed by atoms with Crippen LogP contribution in [0, 0.1) is 0 Å². The molecular weight excluding hydrogens is 401 g/mol. The second-order valence-electron chi connectivity index (χ2n) is 5.19. The van der Waals surface area contributed by atoms with Crippen LogP contribution in [0.3, 0.4) is 0 Å². The van der Waals surface area contributed by atoms with Crippen LogP contribution in [-0.2, 0) is 10.9 Å².